The molecule has 2 aromatic rings. The fourth-order valence-electron chi connectivity index (χ4n) is 2.95. The minimum absolute atomic E-state index is 0.0768. The number of nitrogens with zero attached hydrogens (tertiary/aromatic N) is 1. The van der Waals surface area contributed by atoms with Gasteiger partial charge in [-0.2, -0.15) is 0 Å². The second-order valence-corrected chi connectivity index (χ2v) is 5.91. The van der Waals surface area contributed by atoms with Crippen LogP contribution in [-0.4, -0.2) is 35.0 Å². The molecule has 1 N–H and O–H groups in total. The summed E-state index contributed by atoms with van der Waals surface area (Å²) in [5.41, 5.74) is 2.46. The molecule has 2 aromatic carbocycles. The quantitative estimate of drug-likeness (QED) is 0.906. The molecule has 1 amide bonds. The SMILES string of the molecule is O=C(O)CN(Cc1ccc(F)cc1)C(=O)C1OCCc2ccccc21. The smallest absolute Gasteiger partial charge is 0.323 e. The van der Waals surface area contributed by atoms with Crippen molar-refractivity contribution in [3.8, 4) is 0 Å². The second-order valence-electron chi connectivity index (χ2n) is 5.91. The van der Waals surface area contributed by atoms with Crippen LogP contribution in [0.1, 0.15) is 22.8 Å². The summed E-state index contributed by atoms with van der Waals surface area (Å²) in [6, 6.07) is 13.1. The molecule has 25 heavy (non-hydrogen) atoms. The molecule has 0 saturated carbocycles. The van der Waals surface area contributed by atoms with Crippen LogP contribution >= 0.6 is 0 Å². The highest BCUT2D eigenvalue weighted by molar-refractivity contribution is 5.86. The highest BCUT2D eigenvalue weighted by Gasteiger charge is 2.31. The van der Waals surface area contributed by atoms with Gasteiger partial charge in [-0.15, -0.1) is 0 Å². The topological polar surface area (TPSA) is 66.8 Å². The van der Waals surface area contributed by atoms with E-state index < -0.39 is 24.5 Å². The Labute approximate surface area is 144 Å². The first kappa shape index (κ1) is 17.1. The number of carboxylic acid groups (broad SMARTS) is 1. The third-order valence-corrected chi connectivity index (χ3v) is 4.14. The predicted molar refractivity (Wildman–Crippen MR) is 88.3 cm³/mol. The van der Waals surface area contributed by atoms with Crippen molar-refractivity contribution in [1.82, 2.24) is 4.90 Å². The molecule has 1 aliphatic heterocycles. The Kier molecular flexibility index (Phi) is 5.09. The first-order valence-corrected chi connectivity index (χ1v) is 7.99. The van der Waals surface area contributed by atoms with Gasteiger partial charge in [-0.3, -0.25) is 9.59 Å². The van der Waals surface area contributed by atoms with Gasteiger partial charge in [-0.05, 0) is 35.2 Å². The molecule has 0 spiro atoms. The number of rotatable bonds is 5. The highest BCUT2D eigenvalue weighted by atomic mass is 19.1. The number of carboxylic acids is 1. The van der Waals surface area contributed by atoms with Gasteiger partial charge in [-0.1, -0.05) is 36.4 Å². The van der Waals surface area contributed by atoms with Gasteiger partial charge in [0, 0.05) is 6.54 Å². The Balaban J connectivity index is 1.84. The third-order valence-electron chi connectivity index (χ3n) is 4.14. The lowest BCUT2D eigenvalue weighted by Gasteiger charge is -2.30. The number of benzene rings is 2. The normalized spacial score (nSPS) is 16.1. The molecule has 1 aliphatic rings. The van der Waals surface area contributed by atoms with Crippen molar-refractivity contribution < 1.29 is 23.8 Å². The van der Waals surface area contributed by atoms with Crippen LogP contribution in [0.3, 0.4) is 0 Å². The lowest BCUT2D eigenvalue weighted by molar-refractivity contribution is -0.152. The van der Waals surface area contributed by atoms with Gasteiger partial charge < -0.3 is 14.7 Å². The number of carbonyl (C=O) groups is 2. The van der Waals surface area contributed by atoms with E-state index in [0.29, 0.717) is 12.2 Å². The molecule has 0 saturated heterocycles. The number of fused-ring (bicyclic) bond motifs is 1. The molecule has 0 aromatic heterocycles. The first-order chi connectivity index (χ1) is 12.0. The van der Waals surface area contributed by atoms with Crippen molar-refractivity contribution in [2.75, 3.05) is 13.2 Å². The number of hydrogen-bond donors (Lipinski definition) is 1. The van der Waals surface area contributed by atoms with Crippen LogP contribution in [0.5, 0.6) is 0 Å². The van der Waals surface area contributed by atoms with Crippen LogP contribution in [0.2, 0.25) is 0 Å². The molecular weight excluding hydrogens is 325 g/mol. The van der Waals surface area contributed by atoms with Gasteiger partial charge in [0.05, 0.1) is 6.61 Å². The van der Waals surface area contributed by atoms with Crippen molar-refractivity contribution in [2.24, 2.45) is 0 Å². The molecular formula is C19H18FNO4. The van der Waals surface area contributed by atoms with Gasteiger partial charge >= 0.3 is 5.97 Å². The zero-order valence-corrected chi connectivity index (χ0v) is 13.5. The van der Waals surface area contributed by atoms with E-state index >= 15 is 0 Å². The Morgan fingerprint density at radius 1 is 1.16 bits per heavy atom. The molecule has 1 unspecified atom stereocenters. The van der Waals surface area contributed by atoms with E-state index in [0.717, 1.165) is 17.5 Å². The average molecular weight is 343 g/mol. The van der Waals surface area contributed by atoms with Crippen LogP contribution in [0.4, 0.5) is 4.39 Å². The van der Waals surface area contributed by atoms with E-state index in [4.69, 9.17) is 9.84 Å². The monoisotopic (exact) mass is 343 g/mol. The molecule has 0 fully saturated rings. The van der Waals surface area contributed by atoms with E-state index in [2.05, 4.69) is 0 Å². The van der Waals surface area contributed by atoms with Crippen molar-refractivity contribution in [1.29, 1.82) is 0 Å². The van der Waals surface area contributed by atoms with Crippen molar-refractivity contribution in [2.45, 2.75) is 19.1 Å². The molecule has 6 heteroatoms. The van der Waals surface area contributed by atoms with Crippen LogP contribution in [0.25, 0.3) is 0 Å². The number of hydrogen-bond acceptors (Lipinski definition) is 3. The van der Waals surface area contributed by atoms with Gasteiger partial charge in [0.1, 0.15) is 12.4 Å². The summed E-state index contributed by atoms with van der Waals surface area (Å²) in [5, 5.41) is 9.15. The number of amides is 1. The van der Waals surface area contributed by atoms with Gasteiger partial charge in [0.15, 0.2) is 6.10 Å². The zero-order chi connectivity index (χ0) is 17.8. The largest absolute Gasteiger partial charge is 0.480 e. The predicted octanol–water partition coefficient (Wildman–Crippen LogP) is 2.55. The van der Waals surface area contributed by atoms with Gasteiger partial charge in [-0.25, -0.2) is 4.39 Å². The summed E-state index contributed by atoms with van der Waals surface area (Å²) in [6.45, 7) is 0.0383. The molecule has 130 valence electrons. The van der Waals surface area contributed by atoms with Crippen molar-refractivity contribution in [3.63, 3.8) is 0 Å². The number of aliphatic carboxylic acids is 1. The Morgan fingerprint density at radius 2 is 1.88 bits per heavy atom. The van der Waals surface area contributed by atoms with Gasteiger partial charge in [0.25, 0.3) is 5.91 Å². The zero-order valence-electron chi connectivity index (χ0n) is 13.5. The maximum absolute atomic E-state index is 13.1. The van der Waals surface area contributed by atoms with Crippen LogP contribution in [0, 0.1) is 5.82 Å². The van der Waals surface area contributed by atoms with Crippen LogP contribution < -0.4 is 0 Å². The van der Waals surface area contributed by atoms with Crippen molar-refractivity contribution >= 4 is 11.9 Å². The summed E-state index contributed by atoms with van der Waals surface area (Å²) >= 11 is 0. The minimum atomic E-state index is -1.11. The van der Waals surface area contributed by atoms with Gasteiger partial charge in [0.2, 0.25) is 0 Å². The van der Waals surface area contributed by atoms with Crippen molar-refractivity contribution in [3.05, 3.63) is 71.0 Å². The number of carbonyl (C=O) groups excluding carboxylic acids is 1. The summed E-state index contributed by atoms with van der Waals surface area (Å²) in [7, 11) is 0. The number of halogens is 1. The third kappa shape index (κ3) is 4.03. The maximum atomic E-state index is 13.1. The maximum Gasteiger partial charge on any atom is 0.323 e. The van der Waals surface area contributed by atoms with E-state index in [1.165, 1.54) is 29.2 Å². The Hall–Kier alpha value is -2.73. The molecule has 0 bridgehead atoms. The molecule has 1 heterocycles. The second kappa shape index (κ2) is 7.44. The standard InChI is InChI=1S/C19H18FNO4/c20-15-7-5-13(6-8-15)11-21(12-17(22)23)19(24)18-16-4-2-1-3-14(16)9-10-25-18/h1-8,18H,9-12H2,(H,22,23). The fourth-order valence-corrected chi connectivity index (χ4v) is 2.95. The Morgan fingerprint density at radius 3 is 2.60 bits per heavy atom. The molecule has 5 nitrogen and oxygen atoms in total. The van der Waals surface area contributed by atoms with Crippen LogP contribution in [0.15, 0.2) is 48.5 Å². The lowest BCUT2D eigenvalue weighted by Crippen LogP contribution is -2.40. The summed E-state index contributed by atoms with van der Waals surface area (Å²) in [4.78, 5) is 25.3. The lowest BCUT2D eigenvalue weighted by atomic mass is 9.96. The molecule has 0 aliphatic carbocycles. The number of ether oxygens (including phenoxy) is 1. The average Bonchev–Trinajstić information content (AvgIpc) is 2.61. The van der Waals surface area contributed by atoms with E-state index in [9.17, 15) is 14.0 Å². The van der Waals surface area contributed by atoms with Crippen LogP contribution in [-0.2, 0) is 27.3 Å². The molecule has 0 radical (unpaired) electrons. The Bertz CT molecular complexity index is 775. The first-order valence-electron chi connectivity index (χ1n) is 7.99. The molecule has 3 rings (SSSR count). The minimum Gasteiger partial charge on any atom is -0.480 e. The fraction of sp³-hybridized carbons (Fsp3) is 0.263. The molecule has 1 atom stereocenters. The summed E-state index contributed by atoms with van der Waals surface area (Å²) < 4.78 is 18.7. The summed E-state index contributed by atoms with van der Waals surface area (Å²) in [5.74, 6) is -1.90. The van der Waals surface area contributed by atoms with E-state index in [1.54, 1.807) is 0 Å². The summed E-state index contributed by atoms with van der Waals surface area (Å²) in [6.07, 6.45) is -0.0960. The van der Waals surface area contributed by atoms with E-state index in [1.807, 2.05) is 24.3 Å². The highest BCUT2D eigenvalue weighted by Crippen LogP contribution is 2.29. The van der Waals surface area contributed by atoms with E-state index in [-0.39, 0.29) is 12.4 Å².